The van der Waals surface area contributed by atoms with E-state index in [1.54, 1.807) is 60.9 Å². The number of hydrogen-bond acceptors (Lipinski definition) is 6. The van der Waals surface area contributed by atoms with Crippen molar-refractivity contribution in [2.45, 2.75) is 0 Å². The Morgan fingerprint density at radius 1 is 1.00 bits per heavy atom. The van der Waals surface area contributed by atoms with Crippen LogP contribution in [0, 0.1) is 0 Å². The normalized spacial score (nSPS) is 11.2. The molecule has 0 saturated carbocycles. The Morgan fingerprint density at radius 3 is 2.67 bits per heavy atom. The molecule has 0 aliphatic carbocycles. The molecule has 0 unspecified atom stereocenters. The summed E-state index contributed by atoms with van der Waals surface area (Å²) in [5.41, 5.74) is 3.41. The van der Waals surface area contributed by atoms with Crippen LogP contribution in [0.1, 0.15) is 5.76 Å². The summed E-state index contributed by atoms with van der Waals surface area (Å²) < 4.78 is 11.5. The van der Waals surface area contributed by atoms with Crippen molar-refractivity contribution in [1.29, 1.82) is 0 Å². The van der Waals surface area contributed by atoms with Gasteiger partial charge in [0, 0.05) is 35.3 Å². The van der Waals surface area contributed by atoms with E-state index in [-0.39, 0.29) is 5.11 Å². The summed E-state index contributed by atoms with van der Waals surface area (Å²) in [6.07, 6.45) is 6.19. The van der Waals surface area contributed by atoms with Gasteiger partial charge in [-0.3, -0.25) is 15.1 Å². The van der Waals surface area contributed by atoms with Gasteiger partial charge in [0.25, 0.3) is 0 Å². The van der Waals surface area contributed by atoms with Crippen molar-refractivity contribution in [3.05, 3.63) is 94.9 Å². The highest BCUT2D eigenvalue weighted by molar-refractivity contribution is 7.80. The van der Waals surface area contributed by atoms with Crippen LogP contribution in [0.25, 0.3) is 40.0 Å². The molecule has 0 bridgehead atoms. The first kappa shape index (κ1) is 23.7. The summed E-state index contributed by atoms with van der Waals surface area (Å²) in [7, 11) is 0. The minimum Gasteiger partial charge on any atom is -0.457 e. The maximum Gasteiger partial charge on any atom is 0.250 e. The predicted octanol–water partition coefficient (Wildman–Crippen LogP) is 6.98. The van der Waals surface area contributed by atoms with Gasteiger partial charge in [-0.1, -0.05) is 29.3 Å². The second kappa shape index (κ2) is 10.3. The van der Waals surface area contributed by atoms with Gasteiger partial charge in [-0.25, -0.2) is 4.98 Å². The number of thiocarbonyl (C=S) groups is 1. The zero-order chi connectivity index (χ0) is 25.1. The van der Waals surface area contributed by atoms with Gasteiger partial charge in [0.1, 0.15) is 17.0 Å². The Morgan fingerprint density at radius 2 is 1.83 bits per heavy atom. The molecule has 0 spiro atoms. The Bertz CT molecular complexity index is 1610. The van der Waals surface area contributed by atoms with Crippen LogP contribution in [0.4, 0.5) is 5.69 Å². The fourth-order valence-corrected chi connectivity index (χ4v) is 3.99. The molecule has 1 amide bonds. The number of halogens is 2. The lowest BCUT2D eigenvalue weighted by molar-refractivity contribution is -0.115. The van der Waals surface area contributed by atoms with Crippen LogP contribution < -0.4 is 10.6 Å². The van der Waals surface area contributed by atoms with E-state index in [0.717, 1.165) is 5.56 Å². The summed E-state index contributed by atoms with van der Waals surface area (Å²) in [6, 6.07) is 17.7. The number of anilines is 1. The molecule has 5 rings (SSSR count). The van der Waals surface area contributed by atoms with Crippen molar-refractivity contribution < 1.29 is 13.6 Å². The second-order valence-electron chi connectivity index (χ2n) is 7.52. The maximum absolute atomic E-state index is 12.3. The molecule has 0 atom stereocenters. The Hall–Kier alpha value is -3.98. The standard InChI is InChI=1S/C26H16Cl2N4O3S/c27-19-3-1-2-18(24(19)28)21-8-5-17(34-21)6-9-23(33)32-26(36)30-16-4-7-22-20(14-16)31-25(35-22)15-10-12-29-13-11-15/h1-14H,(H2,30,32,33,36). The number of aromatic nitrogens is 2. The van der Waals surface area contributed by atoms with E-state index >= 15 is 0 Å². The molecule has 3 heterocycles. The molecular weight excluding hydrogens is 519 g/mol. The number of nitrogens with zero attached hydrogens (tertiary/aromatic N) is 2. The third kappa shape index (κ3) is 5.31. The third-order valence-corrected chi connectivity index (χ3v) is 6.08. The van der Waals surface area contributed by atoms with E-state index in [1.807, 2.05) is 12.1 Å². The molecule has 0 aliphatic rings. The quantitative estimate of drug-likeness (QED) is 0.185. The molecular formula is C26H16Cl2N4O3S. The van der Waals surface area contributed by atoms with Gasteiger partial charge in [-0.05, 0) is 72.9 Å². The van der Waals surface area contributed by atoms with E-state index in [1.165, 1.54) is 12.2 Å². The third-order valence-electron chi connectivity index (χ3n) is 5.05. The number of furan rings is 1. The van der Waals surface area contributed by atoms with Gasteiger partial charge in [0.2, 0.25) is 11.8 Å². The Labute approximate surface area is 220 Å². The van der Waals surface area contributed by atoms with Gasteiger partial charge in [0.15, 0.2) is 10.7 Å². The monoisotopic (exact) mass is 534 g/mol. The number of oxazole rings is 1. The van der Waals surface area contributed by atoms with Gasteiger partial charge >= 0.3 is 0 Å². The number of hydrogen-bond donors (Lipinski definition) is 2. The maximum atomic E-state index is 12.3. The van der Waals surface area contributed by atoms with Gasteiger partial charge in [-0.2, -0.15) is 0 Å². The number of carbonyl (C=O) groups excluding carboxylic acids is 1. The van der Waals surface area contributed by atoms with E-state index in [2.05, 4.69) is 20.6 Å². The molecule has 3 aromatic heterocycles. The largest absolute Gasteiger partial charge is 0.457 e. The number of carbonyl (C=O) groups is 1. The van der Waals surface area contributed by atoms with E-state index in [4.69, 9.17) is 44.3 Å². The minimum atomic E-state index is -0.422. The van der Waals surface area contributed by atoms with Gasteiger partial charge in [-0.15, -0.1) is 0 Å². The molecule has 7 nitrogen and oxygen atoms in total. The average Bonchev–Trinajstić information content (AvgIpc) is 3.52. The van der Waals surface area contributed by atoms with Crippen molar-refractivity contribution in [1.82, 2.24) is 15.3 Å². The van der Waals surface area contributed by atoms with Gasteiger partial charge in [0.05, 0.1) is 10.0 Å². The van der Waals surface area contributed by atoms with Crippen LogP contribution >= 0.6 is 35.4 Å². The van der Waals surface area contributed by atoms with Crippen molar-refractivity contribution >= 4 is 69.3 Å². The fourth-order valence-electron chi connectivity index (χ4n) is 3.38. The average molecular weight is 535 g/mol. The van der Waals surface area contributed by atoms with E-state index in [0.29, 0.717) is 49.8 Å². The molecule has 0 radical (unpaired) electrons. The summed E-state index contributed by atoms with van der Waals surface area (Å²) in [5.74, 6) is 1.07. The predicted molar refractivity (Wildman–Crippen MR) is 145 cm³/mol. The number of nitrogens with one attached hydrogen (secondary N) is 2. The molecule has 0 fully saturated rings. The number of fused-ring (bicyclic) bond motifs is 1. The first-order valence-electron chi connectivity index (χ1n) is 10.6. The number of pyridine rings is 1. The minimum absolute atomic E-state index is 0.132. The summed E-state index contributed by atoms with van der Waals surface area (Å²) in [6.45, 7) is 0. The molecule has 10 heteroatoms. The van der Waals surface area contributed by atoms with Crippen LogP contribution in [-0.2, 0) is 4.79 Å². The highest BCUT2D eigenvalue weighted by Gasteiger charge is 2.11. The highest BCUT2D eigenvalue weighted by Crippen LogP contribution is 2.34. The highest BCUT2D eigenvalue weighted by atomic mass is 35.5. The topological polar surface area (TPSA) is 93.2 Å². The number of amides is 1. The number of benzene rings is 2. The second-order valence-corrected chi connectivity index (χ2v) is 8.71. The van der Waals surface area contributed by atoms with Crippen molar-refractivity contribution in [2.75, 3.05) is 5.32 Å². The number of rotatable bonds is 5. The van der Waals surface area contributed by atoms with Crippen LogP contribution in [0.3, 0.4) is 0 Å². The van der Waals surface area contributed by atoms with Crippen LogP contribution in [0.15, 0.2) is 88.0 Å². The van der Waals surface area contributed by atoms with E-state index in [9.17, 15) is 4.79 Å². The fraction of sp³-hybridized carbons (Fsp3) is 0. The van der Waals surface area contributed by atoms with E-state index < -0.39 is 5.91 Å². The van der Waals surface area contributed by atoms with Crippen molar-refractivity contribution in [3.63, 3.8) is 0 Å². The van der Waals surface area contributed by atoms with Crippen LogP contribution in [-0.4, -0.2) is 21.0 Å². The zero-order valence-electron chi connectivity index (χ0n) is 18.4. The first-order chi connectivity index (χ1) is 17.5. The zero-order valence-corrected chi connectivity index (χ0v) is 20.7. The SMILES string of the molecule is O=C(C=Cc1ccc(-c2cccc(Cl)c2Cl)o1)NC(=S)Nc1ccc2oc(-c3ccncc3)nc2c1. The summed E-state index contributed by atoms with van der Waals surface area (Å²) >= 11 is 17.6. The molecule has 5 aromatic rings. The summed E-state index contributed by atoms with van der Waals surface area (Å²) in [4.78, 5) is 20.8. The lowest BCUT2D eigenvalue weighted by atomic mass is 10.2. The van der Waals surface area contributed by atoms with Crippen molar-refractivity contribution in [2.24, 2.45) is 0 Å². The molecule has 0 saturated heterocycles. The molecule has 178 valence electrons. The Balaban J connectivity index is 1.21. The Kier molecular flexibility index (Phi) is 6.81. The molecule has 0 aliphatic heterocycles. The van der Waals surface area contributed by atoms with Crippen molar-refractivity contribution in [3.8, 4) is 22.8 Å². The molecule has 2 aromatic carbocycles. The van der Waals surface area contributed by atoms with Gasteiger partial charge < -0.3 is 14.2 Å². The smallest absolute Gasteiger partial charge is 0.250 e. The first-order valence-corrected chi connectivity index (χ1v) is 11.8. The van der Waals surface area contributed by atoms with Crippen LogP contribution in [0.2, 0.25) is 10.0 Å². The molecule has 2 N–H and O–H groups in total. The van der Waals surface area contributed by atoms with Crippen LogP contribution in [0.5, 0.6) is 0 Å². The molecule has 36 heavy (non-hydrogen) atoms. The summed E-state index contributed by atoms with van der Waals surface area (Å²) in [5, 5.41) is 6.53. The lowest BCUT2D eigenvalue weighted by Gasteiger charge is -2.07. The lowest BCUT2D eigenvalue weighted by Crippen LogP contribution is -2.32.